The zero-order valence-electron chi connectivity index (χ0n) is 16.0. The van der Waals surface area contributed by atoms with Crippen molar-refractivity contribution in [2.45, 2.75) is 13.5 Å². The number of rotatable bonds is 4. The van der Waals surface area contributed by atoms with E-state index in [4.69, 9.17) is 17.0 Å². The van der Waals surface area contributed by atoms with Gasteiger partial charge in [0.25, 0.3) is 11.8 Å². The number of benzene rings is 2. The summed E-state index contributed by atoms with van der Waals surface area (Å²) in [6, 6.07) is 11.8. The van der Waals surface area contributed by atoms with Crippen LogP contribution in [0, 0.1) is 10.5 Å². The Labute approximate surface area is 197 Å². The Bertz CT molecular complexity index is 1000. The highest BCUT2D eigenvalue weighted by molar-refractivity contribution is 14.1. The van der Waals surface area contributed by atoms with Crippen molar-refractivity contribution in [3.05, 3.63) is 66.7 Å². The molecule has 3 rings (SSSR count). The van der Waals surface area contributed by atoms with Gasteiger partial charge in [-0.05, 0) is 87.0 Å². The van der Waals surface area contributed by atoms with Gasteiger partial charge >= 0.3 is 0 Å². The van der Waals surface area contributed by atoms with Crippen LogP contribution in [0.15, 0.2) is 46.4 Å². The first-order valence-electron chi connectivity index (χ1n) is 8.68. The van der Waals surface area contributed by atoms with Gasteiger partial charge < -0.3 is 4.74 Å². The topological polar surface area (TPSA) is 49.9 Å². The molecule has 1 aliphatic rings. The van der Waals surface area contributed by atoms with Crippen molar-refractivity contribution in [2.24, 2.45) is 0 Å². The summed E-state index contributed by atoms with van der Waals surface area (Å²) in [5.41, 5.74) is 3.05. The molecule has 0 bridgehead atoms. The number of carbonyl (C=O) groups is 2. The zero-order valence-corrected chi connectivity index (χ0v) is 20.6. The van der Waals surface area contributed by atoms with E-state index in [1.54, 1.807) is 20.2 Å². The number of carbonyl (C=O) groups excluding carboxylic acids is 2. The number of ether oxygens (including phenoxy) is 1. The molecule has 2 amide bonds. The molecule has 0 N–H and O–H groups in total. The van der Waals surface area contributed by atoms with Crippen LogP contribution in [0.3, 0.4) is 0 Å². The fourth-order valence-electron chi connectivity index (χ4n) is 2.90. The molecule has 0 spiro atoms. The number of hydrogen-bond donors (Lipinski definition) is 0. The summed E-state index contributed by atoms with van der Waals surface area (Å²) >= 11 is 10.8. The molecule has 1 heterocycles. The molecule has 0 saturated carbocycles. The first kappa shape index (κ1) is 21.9. The first-order chi connectivity index (χ1) is 13.7. The molecule has 8 heteroatoms. The van der Waals surface area contributed by atoms with Gasteiger partial charge in [-0.15, -0.1) is 0 Å². The van der Waals surface area contributed by atoms with Gasteiger partial charge in [-0.2, -0.15) is 0 Å². The molecule has 150 valence electrons. The van der Waals surface area contributed by atoms with E-state index in [0.717, 1.165) is 19.2 Å². The predicted octanol–water partition coefficient (Wildman–Crippen LogP) is 4.54. The maximum Gasteiger partial charge on any atom is 0.265 e. The minimum atomic E-state index is -0.413. The minimum Gasteiger partial charge on any atom is -0.487 e. The van der Waals surface area contributed by atoms with Crippen molar-refractivity contribution < 1.29 is 14.3 Å². The number of thiocarbonyl (C=S) groups is 1. The number of amides is 2. The maximum absolute atomic E-state index is 12.5. The fourth-order valence-corrected chi connectivity index (χ4v) is 4.83. The molecule has 0 atom stereocenters. The van der Waals surface area contributed by atoms with E-state index < -0.39 is 11.8 Å². The molecule has 2 aromatic carbocycles. The molecular weight excluding hydrogens is 567 g/mol. The fraction of sp³-hybridized carbons (Fsp3) is 0.190. The summed E-state index contributed by atoms with van der Waals surface area (Å²) in [5.74, 6) is -0.112. The molecule has 1 aliphatic heterocycles. The highest BCUT2D eigenvalue weighted by Gasteiger charge is 2.35. The highest BCUT2D eigenvalue weighted by Crippen LogP contribution is 2.33. The Morgan fingerprint density at radius 3 is 2.38 bits per heavy atom. The summed E-state index contributed by atoms with van der Waals surface area (Å²) in [5, 5.41) is 0.188. The second-order valence-electron chi connectivity index (χ2n) is 6.66. The van der Waals surface area contributed by atoms with E-state index in [-0.39, 0.29) is 10.7 Å². The molecule has 0 aromatic heterocycles. The molecule has 0 unspecified atom stereocenters. The van der Waals surface area contributed by atoms with Crippen LogP contribution in [-0.2, 0) is 16.2 Å². The van der Waals surface area contributed by atoms with Crippen molar-refractivity contribution in [3.63, 3.8) is 0 Å². The van der Waals surface area contributed by atoms with Crippen molar-refractivity contribution in [1.82, 2.24) is 9.80 Å². The standard InChI is InChI=1S/C21H18BrIN2O3S/c1-12-5-4-6-13(7-12)11-28-18-16(22)9-14(10-17(18)23)8-15-19(26)24(2)21(29)25(3)20(15)27/h4-10H,11H2,1-3H3. The molecule has 0 radical (unpaired) electrons. The van der Waals surface area contributed by atoms with Gasteiger partial charge in [0.15, 0.2) is 5.11 Å². The van der Waals surface area contributed by atoms with Gasteiger partial charge in [-0.25, -0.2) is 0 Å². The lowest BCUT2D eigenvalue weighted by atomic mass is 10.1. The van der Waals surface area contributed by atoms with Gasteiger partial charge in [0.1, 0.15) is 17.9 Å². The molecule has 1 fully saturated rings. The number of hydrogen-bond acceptors (Lipinski definition) is 4. The maximum atomic E-state index is 12.5. The highest BCUT2D eigenvalue weighted by atomic mass is 127. The molecule has 1 saturated heterocycles. The van der Waals surface area contributed by atoms with Gasteiger partial charge in [-0.3, -0.25) is 19.4 Å². The Morgan fingerprint density at radius 1 is 1.14 bits per heavy atom. The molecular formula is C21H18BrIN2O3S. The van der Waals surface area contributed by atoms with Crippen LogP contribution >= 0.6 is 50.7 Å². The van der Waals surface area contributed by atoms with Gasteiger partial charge in [0.05, 0.1) is 8.04 Å². The van der Waals surface area contributed by atoms with Crippen molar-refractivity contribution in [3.8, 4) is 5.75 Å². The summed E-state index contributed by atoms with van der Waals surface area (Å²) in [6.45, 7) is 2.49. The van der Waals surface area contributed by atoms with Crippen LogP contribution in [0.25, 0.3) is 6.08 Å². The van der Waals surface area contributed by atoms with Crippen LogP contribution < -0.4 is 4.74 Å². The van der Waals surface area contributed by atoms with Crippen molar-refractivity contribution in [2.75, 3.05) is 14.1 Å². The van der Waals surface area contributed by atoms with Crippen LogP contribution in [0.4, 0.5) is 0 Å². The molecule has 0 aliphatic carbocycles. The van der Waals surface area contributed by atoms with E-state index in [9.17, 15) is 9.59 Å². The lowest BCUT2D eigenvalue weighted by molar-refractivity contribution is -0.132. The van der Waals surface area contributed by atoms with Crippen LogP contribution in [-0.4, -0.2) is 40.8 Å². The Hall–Kier alpha value is -1.78. The second-order valence-corrected chi connectivity index (χ2v) is 9.04. The Morgan fingerprint density at radius 2 is 1.79 bits per heavy atom. The summed E-state index contributed by atoms with van der Waals surface area (Å²) in [4.78, 5) is 27.6. The number of nitrogens with zero attached hydrogens (tertiary/aromatic N) is 2. The largest absolute Gasteiger partial charge is 0.487 e. The zero-order chi connectivity index (χ0) is 21.3. The minimum absolute atomic E-state index is 0.0692. The van der Waals surface area contributed by atoms with E-state index >= 15 is 0 Å². The third-order valence-electron chi connectivity index (χ3n) is 4.44. The number of halogens is 2. The number of likely N-dealkylation sites (N-methyl/N-ethyl adjacent to an activating group) is 2. The van der Waals surface area contributed by atoms with Crippen LogP contribution in [0.2, 0.25) is 0 Å². The summed E-state index contributed by atoms with van der Waals surface area (Å²) in [7, 11) is 3.12. The van der Waals surface area contributed by atoms with Gasteiger partial charge in [-0.1, -0.05) is 29.8 Å². The van der Waals surface area contributed by atoms with E-state index in [1.807, 2.05) is 37.3 Å². The van der Waals surface area contributed by atoms with Crippen molar-refractivity contribution in [1.29, 1.82) is 0 Å². The molecule has 2 aromatic rings. The lowest BCUT2D eigenvalue weighted by Crippen LogP contribution is -2.52. The van der Waals surface area contributed by atoms with Gasteiger partial charge in [0.2, 0.25) is 0 Å². The third kappa shape index (κ3) is 4.70. The lowest BCUT2D eigenvalue weighted by Gasteiger charge is -2.31. The smallest absolute Gasteiger partial charge is 0.265 e. The average molecular weight is 585 g/mol. The monoisotopic (exact) mass is 584 g/mol. The molecule has 29 heavy (non-hydrogen) atoms. The van der Waals surface area contributed by atoms with Crippen LogP contribution in [0.5, 0.6) is 5.75 Å². The number of aryl methyl sites for hydroxylation is 1. The van der Waals surface area contributed by atoms with E-state index in [1.165, 1.54) is 15.4 Å². The third-order valence-corrected chi connectivity index (χ3v) is 6.38. The summed E-state index contributed by atoms with van der Waals surface area (Å²) in [6.07, 6.45) is 1.58. The second kappa shape index (κ2) is 8.93. The van der Waals surface area contributed by atoms with Crippen LogP contribution in [0.1, 0.15) is 16.7 Å². The first-order valence-corrected chi connectivity index (χ1v) is 11.0. The average Bonchev–Trinajstić information content (AvgIpc) is 2.67. The van der Waals surface area contributed by atoms with Gasteiger partial charge in [0, 0.05) is 14.1 Å². The SMILES string of the molecule is Cc1cccc(COc2c(Br)cc(C=C3C(=O)N(C)C(=S)N(C)C3=O)cc2I)c1. The van der Waals surface area contributed by atoms with Crippen molar-refractivity contribution >= 4 is 73.7 Å². The van der Waals surface area contributed by atoms with E-state index in [2.05, 4.69) is 44.6 Å². The predicted molar refractivity (Wildman–Crippen MR) is 128 cm³/mol. The Kier molecular flexibility index (Phi) is 6.75. The molecule has 5 nitrogen and oxygen atoms in total. The normalized spacial score (nSPS) is 14.5. The summed E-state index contributed by atoms with van der Waals surface area (Å²) < 4.78 is 7.61. The quantitative estimate of drug-likeness (QED) is 0.229. The van der Waals surface area contributed by atoms with E-state index in [0.29, 0.717) is 12.4 Å². The Balaban J connectivity index is 1.87.